The topological polar surface area (TPSA) is 199 Å². The van der Waals surface area contributed by atoms with E-state index in [0.29, 0.717) is 0 Å². The van der Waals surface area contributed by atoms with Crippen molar-refractivity contribution in [2.24, 2.45) is 0 Å². The van der Waals surface area contributed by atoms with Gasteiger partial charge in [-0.15, -0.1) is 0 Å². The number of hydrogen-bond acceptors (Lipinski definition) is 10. The molecule has 2 aromatic rings. The molecule has 0 fully saturated rings. The van der Waals surface area contributed by atoms with Crippen LogP contribution in [0.5, 0.6) is 0 Å². The van der Waals surface area contributed by atoms with Crippen LogP contribution in [0, 0.1) is 22.7 Å². The highest BCUT2D eigenvalue weighted by Gasteiger charge is 2.22. The van der Waals surface area contributed by atoms with E-state index in [1.807, 2.05) is 36.4 Å². The van der Waals surface area contributed by atoms with Gasteiger partial charge in [0.1, 0.15) is 26.1 Å². The Morgan fingerprint density at radius 1 is 0.682 bits per heavy atom. The molecule has 0 aromatic heterocycles. The molecule has 0 saturated carbocycles. The second-order valence-electron chi connectivity index (χ2n) is 8.74. The van der Waals surface area contributed by atoms with Crippen LogP contribution in [0.4, 0.5) is 9.59 Å². The fraction of sp³-hybridized carbons (Fsp3) is 0.333. The van der Waals surface area contributed by atoms with E-state index in [4.69, 9.17) is 15.3 Å². The summed E-state index contributed by atoms with van der Waals surface area (Å²) in [7, 11) is 0. The van der Waals surface area contributed by atoms with E-state index in [1.54, 1.807) is 36.4 Å². The normalized spacial score (nSPS) is 9.45. The van der Waals surface area contributed by atoms with Gasteiger partial charge in [-0.05, 0) is 11.1 Å². The molecule has 6 amide bonds. The fourth-order valence-electron chi connectivity index (χ4n) is 3.30. The van der Waals surface area contributed by atoms with Crippen LogP contribution in [0.3, 0.4) is 0 Å². The third-order valence-electron chi connectivity index (χ3n) is 5.33. The lowest BCUT2D eigenvalue weighted by Gasteiger charge is -2.20. The smallest absolute Gasteiger partial charge is 0.324 e. The molecule has 0 bridgehead atoms. The van der Waals surface area contributed by atoms with Crippen molar-refractivity contribution < 1.29 is 38.2 Å². The first-order valence-electron chi connectivity index (χ1n) is 13.3. The monoisotopic (exact) mass is 606 g/mol. The molecule has 0 spiro atoms. The first-order valence-corrected chi connectivity index (χ1v) is 13.3. The molecular formula is C30H34N6O8. The Labute approximate surface area is 255 Å². The molecule has 44 heavy (non-hydrogen) atoms. The van der Waals surface area contributed by atoms with E-state index in [2.05, 4.69) is 15.4 Å². The van der Waals surface area contributed by atoms with Crippen molar-refractivity contribution in [2.45, 2.75) is 39.8 Å². The minimum absolute atomic E-state index is 0.0205. The Balaban J connectivity index is 0.000000440. The highest BCUT2D eigenvalue weighted by atomic mass is 16.5. The highest BCUT2D eigenvalue weighted by Crippen LogP contribution is 2.07. The third-order valence-corrected chi connectivity index (χ3v) is 5.33. The van der Waals surface area contributed by atoms with Gasteiger partial charge in [-0.25, -0.2) is 9.59 Å². The van der Waals surface area contributed by atoms with Crippen molar-refractivity contribution in [1.82, 2.24) is 20.4 Å². The highest BCUT2D eigenvalue weighted by molar-refractivity contribution is 5.95. The number of carbonyl (C=O) groups is 6. The van der Waals surface area contributed by atoms with E-state index in [-0.39, 0.29) is 45.8 Å². The average molecular weight is 607 g/mol. The maximum Gasteiger partial charge on any atom is 0.324 e. The van der Waals surface area contributed by atoms with Crippen LogP contribution >= 0.6 is 0 Å². The zero-order chi connectivity index (χ0) is 32.7. The molecule has 0 radical (unpaired) electrons. The molecule has 2 N–H and O–H groups in total. The molecule has 0 unspecified atom stereocenters. The van der Waals surface area contributed by atoms with Gasteiger partial charge >= 0.3 is 24.0 Å². The van der Waals surface area contributed by atoms with Crippen LogP contribution in [0.25, 0.3) is 0 Å². The number of urea groups is 2. The lowest BCUT2D eigenvalue weighted by Crippen LogP contribution is -2.45. The van der Waals surface area contributed by atoms with E-state index in [0.717, 1.165) is 20.9 Å². The minimum Gasteiger partial charge on any atom is -0.464 e. The Bertz CT molecular complexity index is 1340. The zero-order valence-electron chi connectivity index (χ0n) is 24.5. The predicted octanol–water partition coefficient (Wildman–Crippen LogP) is 2.40. The molecule has 0 aliphatic rings. The number of imide groups is 2. The molecule has 14 heteroatoms. The first-order chi connectivity index (χ1) is 21.1. The average Bonchev–Trinajstić information content (AvgIpc) is 3.00. The Morgan fingerprint density at radius 3 is 1.68 bits per heavy atom. The molecule has 2 aromatic carbocycles. The van der Waals surface area contributed by atoms with Crippen LogP contribution in [0.1, 0.15) is 37.8 Å². The molecule has 0 saturated heterocycles. The molecule has 0 aliphatic carbocycles. The third kappa shape index (κ3) is 15.3. The summed E-state index contributed by atoms with van der Waals surface area (Å²) in [6, 6.07) is 20.3. The number of nitrogens with zero attached hydrogens (tertiary/aromatic N) is 4. The van der Waals surface area contributed by atoms with Crippen molar-refractivity contribution in [2.75, 3.05) is 26.3 Å². The second-order valence-corrected chi connectivity index (χ2v) is 8.74. The summed E-state index contributed by atoms with van der Waals surface area (Å²) in [5, 5.41) is 22.3. The molecule has 14 nitrogen and oxygen atoms in total. The lowest BCUT2D eigenvalue weighted by molar-refractivity contribution is -0.142. The standard InChI is InChI=1S/2C15H17N3O4/c1-12(19)22-10-9-18(14(20)7-8-16)15(21)17-11-13-5-3-2-4-6-13;1-12(19)22-10-9-17-15(21)18(14(20)7-8-16)11-13-5-3-2-4-6-13/h2*2-6H,7,9-11H2,1H3,(H,17,21). The SMILES string of the molecule is CC(=O)OCCN(C(=O)CC#N)C(=O)NCc1ccccc1.CC(=O)OCCNC(=O)N(Cc1ccccc1)C(=O)CC#N. The number of esters is 2. The van der Waals surface area contributed by atoms with Crippen LogP contribution < -0.4 is 10.6 Å². The van der Waals surface area contributed by atoms with Gasteiger partial charge in [0.2, 0.25) is 11.8 Å². The van der Waals surface area contributed by atoms with Crippen LogP contribution in [0.2, 0.25) is 0 Å². The zero-order valence-corrected chi connectivity index (χ0v) is 24.5. The van der Waals surface area contributed by atoms with Crippen LogP contribution in [-0.2, 0) is 41.7 Å². The molecule has 2 rings (SSSR count). The molecule has 0 aliphatic heterocycles. The van der Waals surface area contributed by atoms with E-state index in [1.165, 1.54) is 13.8 Å². The number of carbonyl (C=O) groups excluding carboxylic acids is 6. The van der Waals surface area contributed by atoms with Gasteiger partial charge in [-0.3, -0.25) is 29.0 Å². The van der Waals surface area contributed by atoms with Gasteiger partial charge < -0.3 is 20.1 Å². The number of hydrogen-bond donors (Lipinski definition) is 2. The summed E-state index contributed by atoms with van der Waals surface area (Å²) in [6.45, 7) is 2.73. The van der Waals surface area contributed by atoms with Crippen molar-refractivity contribution in [3.63, 3.8) is 0 Å². The Kier molecular flexibility index (Phi) is 17.3. The summed E-state index contributed by atoms with van der Waals surface area (Å²) in [6.07, 6.45) is -0.803. The summed E-state index contributed by atoms with van der Waals surface area (Å²) in [5.41, 5.74) is 1.65. The predicted molar refractivity (Wildman–Crippen MR) is 155 cm³/mol. The number of nitrogens with one attached hydrogen (secondary N) is 2. The van der Waals surface area contributed by atoms with Crippen molar-refractivity contribution >= 4 is 35.8 Å². The summed E-state index contributed by atoms with van der Waals surface area (Å²) in [4.78, 5) is 70.9. The van der Waals surface area contributed by atoms with Gasteiger partial charge in [0.25, 0.3) is 0 Å². The largest absolute Gasteiger partial charge is 0.464 e. The lowest BCUT2D eigenvalue weighted by atomic mass is 10.2. The summed E-state index contributed by atoms with van der Waals surface area (Å²) >= 11 is 0. The number of amides is 6. The molecule has 232 valence electrons. The van der Waals surface area contributed by atoms with E-state index < -0.39 is 42.2 Å². The van der Waals surface area contributed by atoms with Gasteiger partial charge in [0.15, 0.2) is 0 Å². The maximum absolute atomic E-state index is 12.1. The van der Waals surface area contributed by atoms with Gasteiger partial charge in [0.05, 0.1) is 31.8 Å². The van der Waals surface area contributed by atoms with E-state index >= 15 is 0 Å². The number of benzene rings is 2. The Morgan fingerprint density at radius 2 is 1.16 bits per heavy atom. The van der Waals surface area contributed by atoms with Gasteiger partial charge in [-0.1, -0.05) is 60.7 Å². The van der Waals surface area contributed by atoms with Crippen LogP contribution in [0.15, 0.2) is 60.7 Å². The van der Waals surface area contributed by atoms with Crippen LogP contribution in [-0.4, -0.2) is 71.9 Å². The van der Waals surface area contributed by atoms with Gasteiger partial charge in [-0.2, -0.15) is 10.5 Å². The first kappa shape index (κ1) is 36.3. The maximum atomic E-state index is 12.1. The molecule has 0 atom stereocenters. The number of ether oxygens (including phenoxy) is 2. The van der Waals surface area contributed by atoms with Crippen molar-refractivity contribution in [3.05, 3.63) is 71.8 Å². The van der Waals surface area contributed by atoms with Crippen molar-refractivity contribution in [1.29, 1.82) is 10.5 Å². The summed E-state index contributed by atoms with van der Waals surface area (Å²) < 4.78 is 9.41. The van der Waals surface area contributed by atoms with Gasteiger partial charge in [0, 0.05) is 20.4 Å². The minimum atomic E-state index is -0.639. The summed E-state index contributed by atoms with van der Waals surface area (Å²) in [5.74, 6) is -2.18. The molecule has 0 heterocycles. The fourth-order valence-corrected chi connectivity index (χ4v) is 3.30. The number of nitriles is 2. The van der Waals surface area contributed by atoms with Crippen molar-refractivity contribution in [3.8, 4) is 12.1 Å². The van der Waals surface area contributed by atoms with E-state index in [9.17, 15) is 28.8 Å². The number of rotatable bonds is 12. The molecular weight excluding hydrogens is 572 g/mol. The second kappa shape index (κ2) is 21.0. The Hall–Kier alpha value is -5.76. The quantitative estimate of drug-likeness (QED) is 0.267.